The summed E-state index contributed by atoms with van der Waals surface area (Å²) in [7, 11) is 0. The second-order valence-electron chi connectivity index (χ2n) is 10.7. The highest BCUT2D eigenvalue weighted by atomic mass is 16.3. The Morgan fingerprint density at radius 2 is 1.39 bits per heavy atom. The van der Waals surface area contributed by atoms with E-state index < -0.39 is 0 Å². The van der Waals surface area contributed by atoms with Gasteiger partial charge in [0.15, 0.2) is 0 Å². The summed E-state index contributed by atoms with van der Waals surface area (Å²) < 4.78 is 0. The Hall–Kier alpha value is -2.80. The molecule has 0 aliphatic heterocycles. The number of fused-ring (bicyclic) bond motifs is 2. The molecule has 0 atom stereocenters. The third kappa shape index (κ3) is 3.83. The van der Waals surface area contributed by atoms with Crippen LogP contribution < -0.4 is 0 Å². The fourth-order valence-corrected chi connectivity index (χ4v) is 5.20. The fraction of sp³-hybridized carbons (Fsp3) is 0.333. The number of benzene rings is 4. The van der Waals surface area contributed by atoms with E-state index in [4.69, 9.17) is 0 Å². The van der Waals surface area contributed by atoms with Crippen LogP contribution in [0.5, 0.6) is 5.75 Å². The summed E-state index contributed by atoms with van der Waals surface area (Å²) >= 11 is 0. The number of hydrogen-bond acceptors (Lipinski definition) is 1. The van der Waals surface area contributed by atoms with Crippen LogP contribution in [0.4, 0.5) is 0 Å². The van der Waals surface area contributed by atoms with Crippen LogP contribution in [-0.2, 0) is 17.3 Å². The molecular formula is C30H34O. The molecule has 0 aliphatic carbocycles. The Balaban J connectivity index is 1.85. The van der Waals surface area contributed by atoms with Crippen LogP contribution in [0.3, 0.4) is 0 Å². The van der Waals surface area contributed by atoms with Gasteiger partial charge in [-0.05, 0) is 86.5 Å². The Morgan fingerprint density at radius 1 is 0.742 bits per heavy atom. The summed E-state index contributed by atoms with van der Waals surface area (Å²) in [5.74, 6) is 0.381. The zero-order chi connectivity index (χ0) is 22.6. The number of aryl methyl sites for hydroxylation is 1. The van der Waals surface area contributed by atoms with E-state index in [1.54, 1.807) is 0 Å². The first kappa shape index (κ1) is 21.4. The average Bonchev–Trinajstić information content (AvgIpc) is 2.68. The van der Waals surface area contributed by atoms with Crippen LogP contribution in [0.1, 0.15) is 62.4 Å². The molecule has 31 heavy (non-hydrogen) atoms. The Morgan fingerprint density at radius 3 is 2.10 bits per heavy atom. The first-order valence-electron chi connectivity index (χ1n) is 11.2. The molecule has 0 saturated carbocycles. The minimum absolute atomic E-state index is 0.115. The Bertz CT molecular complexity index is 1290. The normalized spacial score (nSPS) is 12.6. The van der Waals surface area contributed by atoms with E-state index in [0.717, 1.165) is 17.4 Å². The highest BCUT2D eigenvalue weighted by Crippen LogP contribution is 2.40. The summed E-state index contributed by atoms with van der Waals surface area (Å²) in [6.45, 7) is 15.7. The van der Waals surface area contributed by atoms with Crippen molar-refractivity contribution in [3.8, 4) is 5.75 Å². The molecule has 4 aromatic rings. The monoisotopic (exact) mass is 410 g/mol. The van der Waals surface area contributed by atoms with Gasteiger partial charge in [0.05, 0.1) is 0 Å². The molecule has 0 bridgehead atoms. The lowest BCUT2D eigenvalue weighted by molar-refractivity contribution is 0.463. The Kier molecular flexibility index (Phi) is 5.12. The van der Waals surface area contributed by atoms with E-state index in [1.165, 1.54) is 38.4 Å². The van der Waals surface area contributed by atoms with Crippen LogP contribution in [0.2, 0.25) is 0 Å². The topological polar surface area (TPSA) is 20.2 Å². The lowest BCUT2D eigenvalue weighted by Crippen LogP contribution is -2.23. The number of rotatable bonds is 3. The van der Waals surface area contributed by atoms with Gasteiger partial charge in [0.1, 0.15) is 5.75 Å². The van der Waals surface area contributed by atoms with Crippen molar-refractivity contribution in [1.82, 2.24) is 0 Å². The van der Waals surface area contributed by atoms with Gasteiger partial charge in [-0.15, -0.1) is 0 Å². The molecule has 0 aliphatic rings. The number of phenolic OH excluding ortho intramolecular Hbond substituents is 1. The molecule has 0 heterocycles. The largest absolute Gasteiger partial charge is 0.508 e. The van der Waals surface area contributed by atoms with Gasteiger partial charge in [-0.2, -0.15) is 0 Å². The van der Waals surface area contributed by atoms with Crippen LogP contribution in [0.15, 0.2) is 60.7 Å². The highest BCUT2D eigenvalue weighted by molar-refractivity contribution is 5.90. The van der Waals surface area contributed by atoms with Gasteiger partial charge >= 0.3 is 0 Å². The molecule has 4 aromatic carbocycles. The standard InChI is InChI=1S/C30H34O/c1-19-15-25-21(12-10-14-26(25)29(3,4)5)16-23(19)18-30(6,7)28-20(2)27(31)17-22-11-8-9-13-24(22)28/h8-17,31H,18H2,1-7H3. The van der Waals surface area contributed by atoms with Crippen LogP contribution in [-0.4, -0.2) is 5.11 Å². The lowest BCUT2D eigenvalue weighted by Gasteiger charge is -2.30. The quantitative estimate of drug-likeness (QED) is 0.361. The molecule has 160 valence electrons. The Labute approximate surface area is 186 Å². The highest BCUT2D eigenvalue weighted by Gasteiger charge is 2.28. The van der Waals surface area contributed by atoms with Gasteiger partial charge < -0.3 is 5.11 Å². The van der Waals surface area contributed by atoms with Crippen molar-refractivity contribution in [3.05, 3.63) is 88.5 Å². The van der Waals surface area contributed by atoms with E-state index in [1.807, 2.05) is 19.1 Å². The predicted molar refractivity (Wildman–Crippen MR) is 134 cm³/mol. The second-order valence-corrected chi connectivity index (χ2v) is 10.7. The molecule has 0 fully saturated rings. The number of phenols is 1. The maximum absolute atomic E-state index is 10.6. The molecule has 0 spiro atoms. The zero-order valence-electron chi connectivity index (χ0n) is 19.9. The van der Waals surface area contributed by atoms with Gasteiger partial charge in [-0.25, -0.2) is 0 Å². The average molecular weight is 411 g/mol. The van der Waals surface area contributed by atoms with E-state index in [9.17, 15) is 5.11 Å². The summed E-state index contributed by atoms with van der Waals surface area (Å²) in [5, 5.41) is 15.6. The third-order valence-corrected chi connectivity index (χ3v) is 6.74. The van der Waals surface area contributed by atoms with Crippen molar-refractivity contribution in [2.24, 2.45) is 0 Å². The predicted octanol–water partition coefficient (Wildman–Crippen LogP) is 8.13. The molecule has 1 heteroatoms. The summed E-state index contributed by atoms with van der Waals surface area (Å²) in [5.41, 5.74) is 6.32. The SMILES string of the molecule is Cc1cc2c(C(C)(C)C)cccc2cc1CC(C)(C)c1c(C)c(O)cc2ccccc12. The molecular weight excluding hydrogens is 376 g/mol. The number of hydrogen-bond donors (Lipinski definition) is 1. The minimum atomic E-state index is -0.123. The molecule has 1 nitrogen and oxygen atoms in total. The van der Waals surface area contributed by atoms with E-state index >= 15 is 0 Å². The van der Waals surface area contributed by atoms with Crippen molar-refractivity contribution in [2.45, 2.75) is 65.7 Å². The summed E-state index contributed by atoms with van der Waals surface area (Å²) in [6.07, 6.45) is 0.919. The van der Waals surface area contributed by atoms with E-state index in [0.29, 0.717) is 5.75 Å². The molecule has 0 saturated heterocycles. The minimum Gasteiger partial charge on any atom is -0.508 e. The zero-order valence-corrected chi connectivity index (χ0v) is 19.9. The van der Waals surface area contributed by atoms with Gasteiger partial charge in [0.2, 0.25) is 0 Å². The van der Waals surface area contributed by atoms with Crippen LogP contribution in [0.25, 0.3) is 21.5 Å². The number of aromatic hydroxyl groups is 1. The van der Waals surface area contributed by atoms with Gasteiger partial charge in [-0.3, -0.25) is 0 Å². The third-order valence-electron chi connectivity index (χ3n) is 6.74. The van der Waals surface area contributed by atoms with E-state index in [-0.39, 0.29) is 10.8 Å². The first-order valence-corrected chi connectivity index (χ1v) is 11.2. The first-order chi connectivity index (χ1) is 14.5. The molecule has 0 amide bonds. The lowest BCUT2D eigenvalue weighted by atomic mass is 9.74. The molecule has 0 radical (unpaired) electrons. The van der Waals surface area contributed by atoms with E-state index in [2.05, 4.69) is 90.1 Å². The van der Waals surface area contributed by atoms with Crippen molar-refractivity contribution in [2.75, 3.05) is 0 Å². The van der Waals surface area contributed by atoms with Crippen LogP contribution >= 0.6 is 0 Å². The van der Waals surface area contributed by atoms with Crippen LogP contribution in [0, 0.1) is 13.8 Å². The molecule has 0 unspecified atom stereocenters. The molecule has 4 rings (SSSR count). The van der Waals surface area contributed by atoms with Gasteiger partial charge in [0.25, 0.3) is 0 Å². The fourth-order valence-electron chi connectivity index (χ4n) is 5.20. The van der Waals surface area contributed by atoms with Crippen molar-refractivity contribution < 1.29 is 5.11 Å². The van der Waals surface area contributed by atoms with Crippen molar-refractivity contribution >= 4 is 21.5 Å². The molecule has 0 aromatic heterocycles. The smallest absolute Gasteiger partial charge is 0.119 e. The summed E-state index contributed by atoms with van der Waals surface area (Å²) in [6, 6.07) is 21.7. The van der Waals surface area contributed by atoms with Crippen molar-refractivity contribution in [1.29, 1.82) is 0 Å². The van der Waals surface area contributed by atoms with Gasteiger partial charge in [-0.1, -0.05) is 89.2 Å². The second kappa shape index (κ2) is 7.41. The van der Waals surface area contributed by atoms with Crippen molar-refractivity contribution in [3.63, 3.8) is 0 Å². The maximum atomic E-state index is 10.6. The van der Waals surface area contributed by atoms with Gasteiger partial charge in [0, 0.05) is 0 Å². The maximum Gasteiger partial charge on any atom is 0.119 e. The molecule has 1 N–H and O–H groups in total. The summed E-state index contributed by atoms with van der Waals surface area (Å²) in [4.78, 5) is 0.